The molecule has 0 saturated heterocycles. The van der Waals surface area contributed by atoms with Crippen LogP contribution < -0.4 is 16.6 Å². The van der Waals surface area contributed by atoms with E-state index in [2.05, 4.69) is 9.88 Å². The molecular formula is C31H24N4O3. The van der Waals surface area contributed by atoms with Crippen LogP contribution in [0.2, 0.25) is 0 Å². The highest BCUT2D eigenvalue weighted by atomic mass is 16.3. The largest absolute Gasteiger partial charge is 0.458 e. The number of rotatable bonds is 3. The lowest BCUT2D eigenvalue weighted by Crippen LogP contribution is -2.37. The Balaban J connectivity index is 1.61. The molecule has 1 atom stereocenters. The molecule has 0 aliphatic carbocycles. The second-order valence-corrected chi connectivity index (χ2v) is 9.53. The fraction of sp³-hybridized carbons (Fsp3) is 0.0968. The number of nitrogens with zero attached hydrogens (tertiary/aromatic N) is 3. The summed E-state index contributed by atoms with van der Waals surface area (Å²) in [5.41, 5.74) is 5.08. The lowest BCUT2D eigenvalue weighted by Gasteiger charge is -2.29. The van der Waals surface area contributed by atoms with E-state index in [0.29, 0.717) is 16.7 Å². The molecule has 38 heavy (non-hydrogen) atoms. The first-order valence-corrected chi connectivity index (χ1v) is 12.5. The van der Waals surface area contributed by atoms with Crippen molar-refractivity contribution in [2.45, 2.75) is 6.04 Å². The van der Waals surface area contributed by atoms with Gasteiger partial charge in [-0.25, -0.2) is 4.79 Å². The van der Waals surface area contributed by atoms with Crippen LogP contribution in [0.1, 0.15) is 17.5 Å². The third-order valence-electron chi connectivity index (χ3n) is 7.34. The number of nitrogens with one attached hydrogen (secondary N) is 1. The maximum atomic E-state index is 13.8. The average molecular weight is 501 g/mol. The number of aromatic nitrogens is 3. The average Bonchev–Trinajstić information content (AvgIpc) is 3.60. The Morgan fingerprint density at radius 3 is 2.13 bits per heavy atom. The molecular weight excluding hydrogens is 476 g/mol. The van der Waals surface area contributed by atoms with Gasteiger partial charge in [-0.15, -0.1) is 0 Å². The van der Waals surface area contributed by atoms with Crippen molar-refractivity contribution in [1.29, 1.82) is 0 Å². The third-order valence-corrected chi connectivity index (χ3v) is 7.34. The molecule has 0 radical (unpaired) electrons. The van der Waals surface area contributed by atoms with Crippen molar-refractivity contribution < 1.29 is 4.42 Å². The molecule has 0 bridgehead atoms. The van der Waals surface area contributed by atoms with Crippen LogP contribution in [0.15, 0.2) is 111 Å². The van der Waals surface area contributed by atoms with Crippen LogP contribution in [0.4, 0.5) is 5.69 Å². The molecule has 3 aromatic carbocycles. The highest BCUT2D eigenvalue weighted by Crippen LogP contribution is 2.46. The van der Waals surface area contributed by atoms with E-state index in [-0.39, 0.29) is 11.2 Å². The van der Waals surface area contributed by atoms with E-state index in [0.717, 1.165) is 39.6 Å². The lowest BCUT2D eigenvalue weighted by atomic mass is 10.1. The Morgan fingerprint density at radius 1 is 0.737 bits per heavy atom. The minimum Gasteiger partial charge on any atom is -0.458 e. The summed E-state index contributed by atoms with van der Waals surface area (Å²) in [6.45, 7) is 0. The standard InChI is InChI=1S/C31H24N4O3/c1-33-28-25(30(36)34(2)31(33)37)27(20-13-7-4-8-14-20)35-22-16-10-9-15-21(22)32-26(29(28)35)24-18-17-23(38-24)19-11-5-3-6-12-19/h3-18,26,32H,1-2H3. The van der Waals surface area contributed by atoms with E-state index in [1.54, 1.807) is 11.6 Å². The molecule has 7 rings (SSSR count). The van der Waals surface area contributed by atoms with Gasteiger partial charge in [0.15, 0.2) is 0 Å². The summed E-state index contributed by atoms with van der Waals surface area (Å²) in [5, 5.41) is 4.13. The first-order valence-electron chi connectivity index (χ1n) is 12.5. The van der Waals surface area contributed by atoms with Gasteiger partial charge in [0.25, 0.3) is 5.56 Å². The topological polar surface area (TPSA) is 74.1 Å². The Labute approximate surface area is 217 Å². The smallest absolute Gasteiger partial charge is 0.331 e. The summed E-state index contributed by atoms with van der Waals surface area (Å²) >= 11 is 0. The number of hydrogen-bond donors (Lipinski definition) is 1. The zero-order chi connectivity index (χ0) is 26.0. The van der Waals surface area contributed by atoms with Gasteiger partial charge in [0.05, 0.1) is 33.7 Å². The number of fused-ring (bicyclic) bond motifs is 5. The molecule has 0 saturated carbocycles. The zero-order valence-electron chi connectivity index (χ0n) is 20.9. The summed E-state index contributed by atoms with van der Waals surface area (Å²) in [7, 11) is 3.24. The van der Waals surface area contributed by atoms with Crippen molar-refractivity contribution in [1.82, 2.24) is 13.7 Å². The van der Waals surface area contributed by atoms with Gasteiger partial charge in [-0.1, -0.05) is 72.8 Å². The fourth-order valence-corrected chi connectivity index (χ4v) is 5.57. The van der Waals surface area contributed by atoms with Crippen LogP contribution >= 0.6 is 0 Å². The Morgan fingerprint density at radius 2 is 1.39 bits per heavy atom. The summed E-state index contributed by atoms with van der Waals surface area (Å²) in [4.78, 5) is 26.9. The molecule has 1 aliphatic rings. The van der Waals surface area contributed by atoms with Crippen molar-refractivity contribution in [3.63, 3.8) is 0 Å². The van der Waals surface area contributed by atoms with Crippen molar-refractivity contribution in [2.75, 3.05) is 5.32 Å². The molecule has 4 heterocycles. The fourth-order valence-electron chi connectivity index (χ4n) is 5.57. The summed E-state index contributed by atoms with van der Waals surface area (Å²) in [6, 6.07) is 31.2. The minimum atomic E-state index is -0.444. The second-order valence-electron chi connectivity index (χ2n) is 9.53. The number of anilines is 1. The normalized spacial score (nSPS) is 14.2. The molecule has 7 heteroatoms. The van der Waals surface area contributed by atoms with Gasteiger partial charge in [0.2, 0.25) is 0 Å². The number of aryl methyl sites for hydroxylation is 1. The Bertz CT molecular complexity index is 1960. The van der Waals surface area contributed by atoms with E-state index in [4.69, 9.17) is 4.42 Å². The lowest BCUT2D eigenvalue weighted by molar-refractivity contribution is 0.504. The van der Waals surface area contributed by atoms with Gasteiger partial charge >= 0.3 is 5.69 Å². The Kier molecular flexibility index (Phi) is 4.81. The molecule has 3 aromatic heterocycles. The maximum absolute atomic E-state index is 13.8. The first-order chi connectivity index (χ1) is 18.5. The van der Waals surface area contributed by atoms with Gasteiger partial charge < -0.3 is 14.3 Å². The maximum Gasteiger partial charge on any atom is 0.331 e. The summed E-state index contributed by atoms with van der Waals surface area (Å²) in [6.07, 6.45) is 0. The van der Waals surface area contributed by atoms with Crippen molar-refractivity contribution in [3.05, 3.63) is 129 Å². The SMILES string of the molecule is Cn1c(=O)c2c(-c3ccccc3)n3c(c2n(C)c1=O)C(c1ccc(-c2ccccc2)o1)Nc1ccccc1-3. The van der Waals surface area contributed by atoms with E-state index >= 15 is 0 Å². The predicted octanol–water partition coefficient (Wildman–Crippen LogP) is 5.47. The van der Waals surface area contributed by atoms with Gasteiger partial charge in [0, 0.05) is 19.7 Å². The van der Waals surface area contributed by atoms with Crippen LogP contribution in [-0.2, 0) is 14.1 Å². The molecule has 7 nitrogen and oxygen atoms in total. The van der Waals surface area contributed by atoms with Crippen LogP contribution in [0.25, 0.3) is 39.2 Å². The molecule has 1 unspecified atom stereocenters. The molecule has 0 amide bonds. The first kappa shape index (κ1) is 22.2. The van der Waals surface area contributed by atoms with E-state index in [1.807, 2.05) is 97.1 Å². The highest BCUT2D eigenvalue weighted by molar-refractivity contribution is 5.99. The van der Waals surface area contributed by atoms with Gasteiger partial charge in [-0.2, -0.15) is 0 Å². The van der Waals surface area contributed by atoms with Crippen molar-refractivity contribution >= 4 is 16.6 Å². The number of benzene rings is 3. The molecule has 1 N–H and O–H groups in total. The minimum absolute atomic E-state index is 0.329. The van der Waals surface area contributed by atoms with Gasteiger partial charge in [0.1, 0.15) is 17.6 Å². The summed E-state index contributed by atoms with van der Waals surface area (Å²) in [5.74, 6) is 1.43. The molecule has 0 spiro atoms. The van der Waals surface area contributed by atoms with Crippen LogP contribution in [-0.4, -0.2) is 13.7 Å². The number of furan rings is 1. The summed E-state index contributed by atoms with van der Waals surface area (Å²) < 4.78 is 11.3. The van der Waals surface area contributed by atoms with Crippen molar-refractivity contribution in [3.8, 4) is 28.3 Å². The van der Waals surface area contributed by atoms with Crippen LogP contribution in [0.5, 0.6) is 0 Å². The number of para-hydroxylation sites is 2. The monoisotopic (exact) mass is 500 g/mol. The van der Waals surface area contributed by atoms with E-state index in [1.165, 1.54) is 11.6 Å². The zero-order valence-corrected chi connectivity index (χ0v) is 20.9. The van der Waals surface area contributed by atoms with Crippen LogP contribution in [0, 0.1) is 0 Å². The van der Waals surface area contributed by atoms with Gasteiger partial charge in [-0.3, -0.25) is 13.9 Å². The van der Waals surface area contributed by atoms with Crippen LogP contribution in [0.3, 0.4) is 0 Å². The van der Waals surface area contributed by atoms with Crippen molar-refractivity contribution in [2.24, 2.45) is 14.1 Å². The second kappa shape index (κ2) is 8.24. The predicted molar refractivity (Wildman–Crippen MR) is 149 cm³/mol. The molecule has 0 fully saturated rings. The third kappa shape index (κ3) is 3.08. The molecule has 6 aromatic rings. The molecule has 186 valence electrons. The Hall–Kier alpha value is -5.04. The quantitative estimate of drug-likeness (QED) is 0.350. The highest BCUT2D eigenvalue weighted by Gasteiger charge is 2.36. The number of hydrogen-bond acceptors (Lipinski definition) is 4. The van der Waals surface area contributed by atoms with E-state index in [9.17, 15) is 9.59 Å². The molecule has 1 aliphatic heterocycles. The van der Waals surface area contributed by atoms with E-state index < -0.39 is 6.04 Å². The van der Waals surface area contributed by atoms with Gasteiger partial charge in [-0.05, 0) is 29.8 Å².